The molecule has 18 heavy (non-hydrogen) atoms. The second-order valence-electron chi connectivity index (χ2n) is 3.55. The van der Waals surface area contributed by atoms with Crippen molar-refractivity contribution in [2.75, 3.05) is 13.2 Å². The number of fused-ring (bicyclic) bond motifs is 1. The molecular formula is C11H12N4O3. The summed E-state index contributed by atoms with van der Waals surface area (Å²) in [5.74, 6) is 0. The molecule has 1 heterocycles. The van der Waals surface area contributed by atoms with E-state index in [-0.39, 0.29) is 24.4 Å². The van der Waals surface area contributed by atoms with Gasteiger partial charge >= 0.3 is 5.69 Å². The Labute approximate surface area is 103 Å². The minimum atomic E-state index is -0.0615. The van der Waals surface area contributed by atoms with Crippen LogP contribution in [0.5, 0.6) is 0 Å². The molecule has 1 aromatic heterocycles. The van der Waals surface area contributed by atoms with Gasteiger partial charge in [-0.3, -0.25) is 0 Å². The van der Waals surface area contributed by atoms with Gasteiger partial charge in [-0.1, -0.05) is 12.1 Å². The molecule has 0 unspecified atom stereocenters. The Bertz CT molecular complexity index is 586. The first-order chi connectivity index (χ1) is 8.74. The lowest BCUT2D eigenvalue weighted by molar-refractivity contribution is -0.629. The second kappa shape index (κ2) is 5.28. The van der Waals surface area contributed by atoms with Gasteiger partial charge in [-0.05, 0) is 0 Å². The van der Waals surface area contributed by atoms with Gasteiger partial charge in [0.1, 0.15) is 6.21 Å². The van der Waals surface area contributed by atoms with E-state index < -0.39 is 0 Å². The van der Waals surface area contributed by atoms with Gasteiger partial charge in [-0.2, -0.15) is 14.6 Å². The van der Waals surface area contributed by atoms with Crippen LogP contribution in [0, 0.1) is 10.4 Å². The van der Waals surface area contributed by atoms with Crippen LogP contribution in [-0.2, 0) is 0 Å². The number of nitrogens with zero attached hydrogens (tertiary/aromatic N) is 3. The number of rotatable bonds is 4. The maximum Gasteiger partial charge on any atom is 0.302 e. The zero-order valence-corrected chi connectivity index (χ0v) is 9.48. The quantitative estimate of drug-likeness (QED) is 0.239. The van der Waals surface area contributed by atoms with Crippen LogP contribution < -0.4 is 14.9 Å². The molecule has 94 valence electrons. The van der Waals surface area contributed by atoms with E-state index >= 15 is 0 Å². The Morgan fingerprint density at radius 3 is 2.72 bits per heavy atom. The molecule has 0 amide bonds. The van der Waals surface area contributed by atoms with Gasteiger partial charge in [0, 0.05) is 12.1 Å². The number of benzene rings is 1. The summed E-state index contributed by atoms with van der Waals surface area (Å²) >= 11 is 0. The van der Waals surface area contributed by atoms with Crippen LogP contribution in [-0.4, -0.2) is 24.5 Å². The summed E-state index contributed by atoms with van der Waals surface area (Å²) in [7, 11) is 0. The van der Waals surface area contributed by atoms with E-state index in [0.717, 1.165) is 6.20 Å². The number of hydrogen-bond acceptors (Lipinski definition) is 5. The van der Waals surface area contributed by atoms with Crippen LogP contribution in [0.3, 0.4) is 0 Å². The van der Waals surface area contributed by atoms with E-state index in [2.05, 4.69) is 10.5 Å². The number of aliphatic hydroxyl groups excluding tert-OH is 1. The zero-order valence-electron chi connectivity index (χ0n) is 9.48. The maximum atomic E-state index is 11.9. The van der Waals surface area contributed by atoms with Gasteiger partial charge in [-0.25, -0.2) is 0 Å². The van der Waals surface area contributed by atoms with Gasteiger partial charge in [0.05, 0.1) is 13.2 Å². The molecule has 0 bridgehead atoms. The monoisotopic (exact) mass is 248 g/mol. The molecule has 0 aliphatic heterocycles. The average Bonchev–Trinajstić information content (AvgIpc) is 2.40. The number of aromatic nitrogens is 2. The van der Waals surface area contributed by atoms with Crippen LogP contribution >= 0.6 is 0 Å². The zero-order chi connectivity index (χ0) is 13.0. The number of nitrogens with one attached hydrogen (secondary N) is 1. The molecule has 0 atom stereocenters. The van der Waals surface area contributed by atoms with E-state index in [0.29, 0.717) is 15.0 Å². The molecule has 7 heteroatoms. The molecule has 0 radical (unpaired) electrons. The van der Waals surface area contributed by atoms with Crippen molar-refractivity contribution >= 4 is 17.2 Å². The summed E-state index contributed by atoms with van der Waals surface area (Å²) in [4.78, 5) is 0. The third-order valence-corrected chi connectivity index (χ3v) is 2.33. The number of hydrogen-bond donors (Lipinski definition) is 2. The van der Waals surface area contributed by atoms with Crippen molar-refractivity contribution in [3.63, 3.8) is 0 Å². The predicted octanol–water partition coefficient (Wildman–Crippen LogP) is -0.978. The summed E-state index contributed by atoms with van der Waals surface area (Å²) in [6.07, 6.45) is 2.39. The van der Waals surface area contributed by atoms with Crippen molar-refractivity contribution < 1.29 is 14.6 Å². The van der Waals surface area contributed by atoms with Crippen LogP contribution in [0.4, 0.5) is 0 Å². The van der Waals surface area contributed by atoms with Crippen molar-refractivity contribution in [1.29, 1.82) is 0 Å². The fourth-order valence-electron chi connectivity index (χ4n) is 1.52. The maximum absolute atomic E-state index is 11.9. The summed E-state index contributed by atoms with van der Waals surface area (Å²) in [5.41, 5.74) is 3.23. The van der Waals surface area contributed by atoms with Crippen molar-refractivity contribution in [2.24, 2.45) is 5.10 Å². The fourth-order valence-corrected chi connectivity index (χ4v) is 1.52. The van der Waals surface area contributed by atoms with Crippen LogP contribution in [0.2, 0.25) is 0 Å². The summed E-state index contributed by atoms with van der Waals surface area (Å²) in [6, 6.07) is 6.51. The topological polar surface area (TPSA) is 98.5 Å². The first kappa shape index (κ1) is 12.1. The molecule has 7 nitrogen and oxygen atoms in total. The molecule has 0 spiro atoms. The van der Waals surface area contributed by atoms with Gasteiger partial charge in [0.2, 0.25) is 0 Å². The van der Waals surface area contributed by atoms with Crippen LogP contribution in [0.25, 0.3) is 11.0 Å². The van der Waals surface area contributed by atoms with Crippen molar-refractivity contribution in [3.05, 3.63) is 46.6 Å². The molecular weight excluding hydrogens is 236 g/mol. The number of aliphatic hydroxyl groups is 1. The summed E-state index contributed by atoms with van der Waals surface area (Å²) in [6.45, 7) is 0.217. The van der Waals surface area contributed by atoms with E-state index in [1.54, 1.807) is 24.3 Å². The minimum absolute atomic E-state index is 0.0615. The van der Waals surface area contributed by atoms with Crippen molar-refractivity contribution in [2.45, 2.75) is 0 Å². The van der Waals surface area contributed by atoms with Crippen molar-refractivity contribution in [3.8, 4) is 0 Å². The Kier molecular flexibility index (Phi) is 3.54. The number of para-hydroxylation sites is 2. The minimum Gasteiger partial charge on any atom is -0.618 e. The Hall–Kier alpha value is -2.41. The molecule has 1 aromatic carbocycles. The first-order valence-electron chi connectivity index (χ1n) is 5.35. The van der Waals surface area contributed by atoms with Gasteiger partial charge in [-0.15, -0.1) is 0 Å². The largest absolute Gasteiger partial charge is 0.618 e. The van der Waals surface area contributed by atoms with E-state index in [4.69, 9.17) is 5.11 Å². The number of hydrazone groups is 1. The highest BCUT2D eigenvalue weighted by atomic mass is 16.5. The molecule has 0 saturated heterocycles. The van der Waals surface area contributed by atoms with Crippen LogP contribution in [0.1, 0.15) is 5.69 Å². The third kappa shape index (κ3) is 2.30. The Morgan fingerprint density at radius 1 is 1.28 bits per heavy atom. The standard InChI is InChI=1S/C11H12N4O3/c16-6-5-12-13-7-9-8-14(17)10-3-1-2-4-11(10)15(9)18/h1-4,7-8,12,16H,5-6H2/b13-7+. The fraction of sp³-hybridized carbons (Fsp3) is 0.182. The molecule has 2 N–H and O–H groups in total. The molecule has 0 aliphatic carbocycles. The van der Waals surface area contributed by atoms with Crippen molar-refractivity contribution in [1.82, 2.24) is 5.43 Å². The summed E-state index contributed by atoms with van der Waals surface area (Å²) < 4.78 is 1.25. The van der Waals surface area contributed by atoms with E-state index in [1.165, 1.54) is 6.21 Å². The highest BCUT2D eigenvalue weighted by Crippen LogP contribution is 2.03. The smallest absolute Gasteiger partial charge is 0.302 e. The summed E-state index contributed by atoms with van der Waals surface area (Å²) in [5, 5.41) is 35.9. The molecule has 2 rings (SSSR count). The van der Waals surface area contributed by atoms with E-state index in [1.807, 2.05) is 0 Å². The lowest BCUT2D eigenvalue weighted by atomic mass is 10.3. The van der Waals surface area contributed by atoms with Gasteiger partial charge in [0.15, 0.2) is 0 Å². The second-order valence-corrected chi connectivity index (χ2v) is 3.55. The predicted molar refractivity (Wildman–Crippen MR) is 64.6 cm³/mol. The third-order valence-electron chi connectivity index (χ3n) is 2.33. The average molecular weight is 248 g/mol. The van der Waals surface area contributed by atoms with Gasteiger partial charge < -0.3 is 20.9 Å². The highest BCUT2D eigenvalue weighted by Gasteiger charge is 2.16. The lowest BCUT2D eigenvalue weighted by Gasteiger charge is -2.05. The van der Waals surface area contributed by atoms with E-state index in [9.17, 15) is 10.4 Å². The first-order valence-corrected chi connectivity index (χ1v) is 5.35. The van der Waals surface area contributed by atoms with Gasteiger partial charge in [0.25, 0.3) is 17.2 Å². The molecule has 0 aliphatic rings. The Morgan fingerprint density at radius 2 is 2.00 bits per heavy atom. The normalized spacial score (nSPS) is 11.2. The lowest BCUT2D eigenvalue weighted by Crippen LogP contribution is -2.41. The Balaban J connectivity index is 2.40. The highest BCUT2D eigenvalue weighted by molar-refractivity contribution is 5.76. The molecule has 2 aromatic rings. The molecule has 0 fully saturated rings. The molecule has 0 saturated carbocycles. The SMILES string of the molecule is [O-][n+]1cc(/C=N/NCCO)[n+]([O-])c2ccccc21. The van der Waals surface area contributed by atoms with Crippen LogP contribution in [0.15, 0.2) is 35.6 Å².